The molecule has 3 rings (SSSR count). The number of aromatic nitrogens is 1. The van der Waals surface area contributed by atoms with Crippen molar-refractivity contribution in [1.82, 2.24) is 4.98 Å². The number of nitrogens with one attached hydrogen (secondary N) is 2. The SMILES string of the molecule is COC(=O)c1ccc(Nc2ccnc(C(=O)Nc3ccccc3Cl)c2)cc1. The topological polar surface area (TPSA) is 80.3 Å². The lowest BCUT2D eigenvalue weighted by Crippen LogP contribution is -2.14. The van der Waals surface area contributed by atoms with Crippen LogP contribution in [0.15, 0.2) is 66.9 Å². The number of pyridine rings is 1. The minimum atomic E-state index is -0.399. The standard InChI is InChI=1S/C20H16ClN3O3/c1-27-20(26)13-6-8-14(9-7-13)23-15-10-11-22-18(12-15)19(25)24-17-5-3-2-4-16(17)21/h2-12H,1H3,(H,22,23)(H,24,25). The number of para-hydroxylation sites is 1. The van der Waals surface area contributed by atoms with E-state index < -0.39 is 5.97 Å². The first-order valence-corrected chi connectivity index (χ1v) is 8.42. The number of nitrogens with zero attached hydrogens (tertiary/aromatic N) is 1. The molecule has 0 spiro atoms. The molecule has 136 valence electrons. The van der Waals surface area contributed by atoms with E-state index in [9.17, 15) is 9.59 Å². The van der Waals surface area contributed by atoms with Crippen molar-refractivity contribution in [2.45, 2.75) is 0 Å². The van der Waals surface area contributed by atoms with Crippen LogP contribution < -0.4 is 10.6 Å². The molecule has 0 bridgehead atoms. The molecular weight excluding hydrogens is 366 g/mol. The molecule has 1 heterocycles. The molecule has 0 atom stereocenters. The number of rotatable bonds is 5. The normalized spacial score (nSPS) is 10.1. The van der Waals surface area contributed by atoms with Gasteiger partial charge in [-0.25, -0.2) is 4.79 Å². The van der Waals surface area contributed by atoms with Crippen LogP contribution in [0.2, 0.25) is 5.02 Å². The Balaban J connectivity index is 1.72. The van der Waals surface area contributed by atoms with Crippen LogP contribution in [-0.4, -0.2) is 24.0 Å². The molecule has 0 saturated carbocycles. The van der Waals surface area contributed by atoms with Gasteiger partial charge in [-0.2, -0.15) is 0 Å². The summed E-state index contributed by atoms with van der Waals surface area (Å²) in [6.07, 6.45) is 1.53. The van der Waals surface area contributed by atoms with Gasteiger partial charge in [-0.1, -0.05) is 23.7 Å². The van der Waals surface area contributed by atoms with E-state index in [2.05, 4.69) is 20.4 Å². The highest BCUT2D eigenvalue weighted by atomic mass is 35.5. The van der Waals surface area contributed by atoms with Gasteiger partial charge in [0.2, 0.25) is 0 Å². The second kappa shape index (κ2) is 8.33. The number of benzene rings is 2. The first kappa shape index (κ1) is 18.4. The summed E-state index contributed by atoms with van der Waals surface area (Å²) in [4.78, 5) is 28.0. The van der Waals surface area contributed by atoms with Gasteiger partial charge in [0.1, 0.15) is 5.69 Å². The van der Waals surface area contributed by atoms with Crippen LogP contribution in [-0.2, 0) is 4.74 Å². The summed E-state index contributed by atoms with van der Waals surface area (Å²) in [5.74, 6) is -0.767. The Morgan fingerprint density at radius 1 is 1.00 bits per heavy atom. The third-order valence-corrected chi connectivity index (χ3v) is 4.04. The molecule has 1 amide bonds. The average Bonchev–Trinajstić information content (AvgIpc) is 2.70. The number of halogens is 1. The Morgan fingerprint density at radius 2 is 1.74 bits per heavy atom. The second-order valence-electron chi connectivity index (χ2n) is 5.56. The van der Waals surface area contributed by atoms with E-state index in [1.54, 1.807) is 60.7 Å². The van der Waals surface area contributed by atoms with Gasteiger partial charge in [-0.15, -0.1) is 0 Å². The fourth-order valence-corrected chi connectivity index (χ4v) is 2.54. The van der Waals surface area contributed by atoms with Crippen molar-refractivity contribution in [2.24, 2.45) is 0 Å². The summed E-state index contributed by atoms with van der Waals surface area (Å²) in [5.41, 5.74) is 2.65. The van der Waals surface area contributed by atoms with Crippen LogP contribution in [0.5, 0.6) is 0 Å². The summed E-state index contributed by atoms with van der Waals surface area (Å²) in [5, 5.41) is 6.34. The van der Waals surface area contributed by atoms with Gasteiger partial charge in [0.15, 0.2) is 0 Å². The maximum Gasteiger partial charge on any atom is 0.337 e. The number of carbonyl (C=O) groups is 2. The Kier molecular flexibility index (Phi) is 5.68. The lowest BCUT2D eigenvalue weighted by molar-refractivity contribution is 0.0600. The molecule has 2 N–H and O–H groups in total. The fraction of sp³-hybridized carbons (Fsp3) is 0.0500. The lowest BCUT2D eigenvalue weighted by Gasteiger charge is -2.10. The highest BCUT2D eigenvalue weighted by Gasteiger charge is 2.11. The maximum absolute atomic E-state index is 12.4. The first-order chi connectivity index (χ1) is 13.1. The second-order valence-corrected chi connectivity index (χ2v) is 5.96. The van der Waals surface area contributed by atoms with Crippen LogP contribution >= 0.6 is 11.6 Å². The van der Waals surface area contributed by atoms with E-state index in [-0.39, 0.29) is 11.6 Å². The molecular formula is C20H16ClN3O3. The van der Waals surface area contributed by atoms with Crippen molar-refractivity contribution in [1.29, 1.82) is 0 Å². The van der Waals surface area contributed by atoms with E-state index >= 15 is 0 Å². The maximum atomic E-state index is 12.4. The number of esters is 1. The van der Waals surface area contributed by atoms with E-state index in [1.807, 2.05) is 0 Å². The van der Waals surface area contributed by atoms with Crippen LogP contribution in [0.25, 0.3) is 0 Å². The zero-order valence-corrected chi connectivity index (χ0v) is 15.2. The van der Waals surface area contributed by atoms with Crippen molar-refractivity contribution in [3.63, 3.8) is 0 Å². The highest BCUT2D eigenvalue weighted by Crippen LogP contribution is 2.22. The Hall–Kier alpha value is -3.38. The van der Waals surface area contributed by atoms with Gasteiger partial charge in [0, 0.05) is 17.6 Å². The number of ether oxygens (including phenoxy) is 1. The summed E-state index contributed by atoms with van der Waals surface area (Å²) in [6.45, 7) is 0. The number of amides is 1. The number of methoxy groups -OCH3 is 1. The number of hydrogen-bond donors (Lipinski definition) is 2. The van der Waals surface area contributed by atoms with Gasteiger partial charge in [-0.05, 0) is 48.5 Å². The number of carbonyl (C=O) groups excluding carboxylic acids is 2. The molecule has 6 nitrogen and oxygen atoms in total. The van der Waals surface area contributed by atoms with E-state index in [4.69, 9.17) is 11.6 Å². The van der Waals surface area contributed by atoms with Crippen molar-refractivity contribution < 1.29 is 14.3 Å². The molecule has 2 aromatic carbocycles. The average molecular weight is 382 g/mol. The summed E-state index contributed by atoms with van der Waals surface area (Å²) >= 11 is 6.06. The minimum Gasteiger partial charge on any atom is -0.465 e. The number of anilines is 3. The third-order valence-electron chi connectivity index (χ3n) is 3.71. The molecule has 0 aliphatic rings. The van der Waals surface area contributed by atoms with E-state index in [0.29, 0.717) is 22.0 Å². The molecule has 0 saturated heterocycles. The Labute approximate surface area is 161 Å². The molecule has 0 fully saturated rings. The first-order valence-electron chi connectivity index (χ1n) is 8.04. The van der Waals surface area contributed by atoms with Crippen LogP contribution in [0.1, 0.15) is 20.8 Å². The van der Waals surface area contributed by atoms with Crippen LogP contribution in [0.4, 0.5) is 17.1 Å². The van der Waals surface area contributed by atoms with Crippen molar-refractivity contribution in [2.75, 3.05) is 17.7 Å². The zero-order valence-electron chi connectivity index (χ0n) is 14.4. The molecule has 3 aromatic rings. The van der Waals surface area contributed by atoms with Crippen molar-refractivity contribution >= 4 is 40.5 Å². The van der Waals surface area contributed by atoms with Crippen molar-refractivity contribution in [3.8, 4) is 0 Å². The largest absolute Gasteiger partial charge is 0.465 e. The summed E-state index contributed by atoms with van der Waals surface area (Å²) < 4.78 is 4.67. The fourth-order valence-electron chi connectivity index (χ4n) is 2.36. The Morgan fingerprint density at radius 3 is 2.44 bits per heavy atom. The van der Waals surface area contributed by atoms with Gasteiger partial charge in [0.25, 0.3) is 5.91 Å². The summed E-state index contributed by atoms with van der Waals surface area (Å²) in [7, 11) is 1.33. The molecule has 0 aliphatic carbocycles. The summed E-state index contributed by atoms with van der Waals surface area (Å²) in [6, 6.07) is 17.1. The highest BCUT2D eigenvalue weighted by molar-refractivity contribution is 6.33. The molecule has 1 aromatic heterocycles. The minimum absolute atomic E-state index is 0.242. The molecule has 7 heteroatoms. The molecule has 0 unspecified atom stereocenters. The quantitative estimate of drug-likeness (QED) is 0.635. The predicted molar refractivity (Wildman–Crippen MR) is 105 cm³/mol. The van der Waals surface area contributed by atoms with Gasteiger partial charge in [0.05, 0.1) is 23.4 Å². The predicted octanol–water partition coefficient (Wildman–Crippen LogP) is 4.52. The molecule has 0 radical (unpaired) electrons. The Bertz CT molecular complexity index is 974. The monoisotopic (exact) mass is 381 g/mol. The smallest absolute Gasteiger partial charge is 0.337 e. The zero-order chi connectivity index (χ0) is 19.2. The number of hydrogen-bond acceptors (Lipinski definition) is 5. The molecule has 0 aliphatic heterocycles. The van der Waals surface area contributed by atoms with Crippen molar-refractivity contribution in [3.05, 3.63) is 83.1 Å². The van der Waals surface area contributed by atoms with Gasteiger partial charge < -0.3 is 15.4 Å². The van der Waals surface area contributed by atoms with E-state index in [1.165, 1.54) is 13.3 Å². The molecule has 27 heavy (non-hydrogen) atoms. The van der Waals surface area contributed by atoms with Gasteiger partial charge in [-0.3, -0.25) is 9.78 Å². The third kappa shape index (κ3) is 4.62. The van der Waals surface area contributed by atoms with Crippen LogP contribution in [0.3, 0.4) is 0 Å². The van der Waals surface area contributed by atoms with Crippen LogP contribution in [0, 0.1) is 0 Å². The van der Waals surface area contributed by atoms with Gasteiger partial charge >= 0.3 is 5.97 Å². The van der Waals surface area contributed by atoms with E-state index in [0.717, 1.165) is 5.69 Å². The lowest BCUT2D eigenvalue weighted by atomic mass is 10.2.